The molecule has 3 saturated heterocycles. The highest BCUT2D eigenvalue weighted by Gasteiger charge is 2.58. The van der Waals surface area contributed by atoms with Gasteiger partial charge in [0, 0.05) is 32.8 Å². The molecule has 1 saturated carbocycles. The molecule has 1 aliphatic carbocycles. The zero-order valence-electron chi connectivity index (χ0n) is 17.3. The minimum atomic E-state index is -0.838. The molecule has 4 amide bonds. The van der Waals surface area contributed by atoms with Crippen LogP contribution in [-0.2, 0) is 20.9 Å². The summed E-state index contributed by atoms with van der Waals surface area (Å²) in [6, 6.07) is 9.67. The van der Waals surface area contributed by atoms with Crippen molar-refractivity contribution >= 4 is 17.8 Å². The van der Waals surface area contributed by atoms with Gasteiger partial charge >= 0.3 is 6.03 Å². The zero-order valence-corrected chi connectivity index (χ0v) is 17.3. The quantitative estimate of drug-likeness (QED) is 0.698. The minimum absolute atomic E-state index is 0.0311. The third-order valence-corrected chi connectivity index (χ3v) is 7.05. The molecule has 7 heteroatoms. The molecule has 3 heterocycles. The number of likely N-dealkylation sites (tertiary alicyclic amines) is 1. The first-order valence-corrected chi connectivity index (χ1v) is 11.2. The summed E-state index contributed by atoms with van der Waals surface area (Å²) in [6.07, 6.45) is 4.51. The van der Waals surface area contributed by atoms with E-state index in [9.17, 15) is 14.4 Å². The second-order valence-electron chi connectivity index (χ2n) is 9.07. The SMILES string of the molecule is O=C([C@H]1CCCO1)N1CCC2(CC1)C(=O)N(CC1CC1)C(=O)N2Cc1ccccc1. The summed E-state index contributed by atoms with van der Waals surface area (Å²) >= 11 is 0. The van der Waals surface area contributed by atoms with Crippen LogP contribution in [0.4, 0.5) is 4.79 Å². The van der Waals surface area contributed by atoms with Gasteiger partial charge in [0.2, 0.25) is 0 Å². The van der Waals surface area contributed by atoms with Gasteiger partial charge in [0.25, 0.3) is 11.8 Å². The molecule has 1 spiro atoms. The highest BCUT2D eigenvalue weighted by molar-refractivity contribution is 6.07. The highest BCUT2D eigenvalue weighted by atomic mass is 16.5. The average molecular weight is 412 g/mol. The van der Waals surface area contributed by atoms with Crippen LogP contribution in [0.2, 0.25) is 0 Å². The van der Waals surface area contributed by atoms with Crippen molar-refractivity contribution < 1.29 is 19.1 Å². The summed E-state index contributed by atoms with van der Waals surface area (Å²) < 4.78 is 5.56. The monoisotopic (exact) mass is 411 g/mol. The third-order valence-electron chi connectivity index (χ3n) is 7.05. The lowest BCUT2D eigenvalue weighted by Gasteiger charge is -2.42. The molecule has 4 aliphatic rings. The molecule has 0 bridgehead atoms. The van der Waals surface area contributed by atoms with Crippen LogP contribution in [0.1, 0.15) is 44.1 Å². The van der Waals surface area contributed by atoms with Gasteiger partial charge in [0.05, 0.1) is 0 Å². The Kier molecular flexibility index (Phi) is 5.01. The summed E-state index contributed by atoms with van der Waals surface area (Å²) in [6.45, 7) is 2.57. The largest absolute Gasteiger partial charge is 0.368 e. The number of rotatable bonds is 5. The number of carbonyl (C=O) groups is 3. The molecule has 1 atom stereocenters. The van der Waals surface area contributed by atoms with Crippen LogP contribution in [-0.4, -0.2) is 70.4 Å². The number of amides is 4. The van der Waals surface area contributed by atoms with Gasteiger partial charge in [0.15, 0.2) is 0 Å². The summed E-state index contributed by atoms with van der Waals surface area (Å²) in [5, 5.41) is 0. The van der Waals surface area contributed by atoms with Crippen molar-refractivity contribution in [3.63, 3.8) is 0 Å². The number of benzene rings is 1. The fourth-order valence-corrected chi connectivity index (χ4v) is 5.04. The van der Waals surface area contributed by atoms with E-state index >= 15 is 0 Å². The van der Waals surface area contributed by atoms with E-state index < -0.39 is 5.54 Å². The normalized spacial score (nSPS) is 26.1. The second kappa shape index (κ2) is 7.69. The van der Waals surface area contributed by atoms with Crippen molar-refractivity contribution in [3.8, 4) is 0 Å². The van der Waals surface area contributed by atoms with Crippen LogP contribution in [0.3, 0.4) is 0 Å². The molecule has 4 fully saturated rings. The lowest BCUT2D eigenvalue weighted by molar-refractivity contribution is -0.147. The van der Waals surface area contributed by atoms with Crippen molar-refractivity contribution in [1.29, 1.82) is 0 Å². The van der Waals surface area contributed by atoms with Crippen LogP contribution in [0.5, 0.6) is 0 Å². The van der Waals surface area contributed by atoms with Gasteiger partial charge in [-0.3, -0.25) is 14.5 Å². The maximum absolute atomic E-state index is 13.5. The predicted octanol–water partition coefficient (Wildman–Crippen LogP) is 2.40. The molecule has 3 aliphatic heterocycles. The highest BCUT2D eigenvalue weighted by Crippen LogP contribution is 2.41. The maximum Gasteiger partial charge on any atom is 0.327 e. The van der Waals surface area contributed by atoms with Crippen LogP contribution >= 0.6 is 0 Å². The molecule has 30 heavy (non-hydrogen) atoms. The molecule has 0 aromatic heterocycles. The van der Waals surface area contributed by atoms with Crippen LogP contribution in [0.15, 0.2) is 30.3 Å². The second-order valence-corrected chi connectivity index (χ2v) is 9.07. The topological polar surface area (TPSA) is 70.2 Å². The van der Waals surface area contributed by atoms with E-state index in [4.69, 9.17) is 4.74 Å². The Morgan fingerprint density at radius 1 is 1.07 bits per heavy atom. The van der Waals surface area contributed by atoms with Gasteiger partial charge < -0.3 is 14.5 Å². The van der Waals surface area contributed by atoms with Crippen molar-refractivity contribution in [2.75, 3.05) is 26.2 Å². The Balaban J connectivity index is 1.36. The number of hydrogen-bond donors (Lipinski definition) is 0. The standard InChI is InChI=1S/C23H29N3O4/c27-20(19-7-4-14-30-19)24-12-10-23(11-13-24)21(28)25(15-18-8-9-18)22(29)26(23)16-17-5-2-1-3-6-17/h1-3,5-6,18-19H,4,7-16H2/t19-/m1/s1. The van der Waals surface area contributed by atoms with E-state index in [0.29, 0.717) is 51.5 Å². The summed E-state index contributed by atoms with van der Waals surface area (Å²) in [7, 11) is 0. The summed E-state index contributed by atoms with van der Waals surface area (Å²) in [4.78, 5) is 44.7. The van der Waals surface area contributed by atoms with Gasteiger partial charge in [0.1, 0.15) is 11.6 Å². The molecule has 7 nitrogen and oxygen atoms in total. The lowest BCUT2D eigenvalue weighted by Crippen LogP contribution is -2.58. The van der Waals surface area contributed by atoms with Gasteiger partial charge in [-0.2, -0.15) is 0 Å². The van der Waals surface area contributed by atoms with Crippen molar-refractivity contribution in [3.05, 3.63) is 35.9 Å². The number of imide groups is 1. The molecule has 1 aromatic carbocycles. The van der Waals surface area contributed by atoms with E-state index in [1.807, 2.05) is 35.2 Å². The summed E-state index contributed by atoms with van der Waals surface area (Å²) in [5.41, 5.74) is 0.180. The Bertz CT molecular complexity index is 824. The molecule has 160 valence electrons. The van der Waals surface area contributed by atoms with Gasteiger partial charge in [-0.25, -0.2) is 4.79 Å². The maximum atomic E-state index is 13.5. The number of carbonyl (C=O) groups excluding carboxylic acids is 3. The number of ether oxygens (including phenoxy) is 1. The molecular formula is C23H29N3O4. The van der Waals surface area contributed by atoms with E-state index in [-0.39, 0.29) is 23.9 Å². The van der Waals surface area contributed by atoms with E-state index in [1.165, 1.54) is 4.90 Å². The van der Waals surface area contributed by atoms with Gasteiger partial charge in [-0.05, 0) is 50.0 Å². The van der Waals surface area contributed by atoms with Crippen LogP contribution in [0.25, 0.3) is 0 Å². The fourth-order valence-electron chi connectivity index (χ4n) is 5.04. The van der Waals surface area contributed by atoms with Crippen molar-refractivity contribution in [1.82, 2.24) is 14.7 Å². The lowest BCUT2D eigenvalue weighted by atomic mass is 9.85. The predicted molar refractivity (Wildman–Crippen MR) is 109 cm³/mol. The molecule has 0 radical (unpaired) electrons. The third kappa shape index (κ3) is 3.39. The first-order chi connectivity index (χ1) is 14.6. The number of hydrogen-bond acceptors (Lipinski definition) is 4. The minimum Gasteiger partial charge on any atom is -0.368 e. The molecule has 5 rings (SSSR count). The number of nitrogens with zero attached hydrogens (tertiary/aromatic N) is 3. The Morgan fingerprint density at radius 2 is 1.80 bits per heavy atom. The zero-order chi connectivity index (χ0) is 20.7. The van der Waals surface area contributed by atoms with Crippen LogP contribution < -0.4 is 0 Å². The number of urea groups is 1. The Hall–Kier alpha value is -2.41. The first-order valence-electron chi connectivity index (χ1n) is 11.2. The van der Waals surface area contributed by atoms with Crippen molar-refractivity contribution in [2.45, 2.75) is 56.7 Å². The van der Waals surface area contributed by atoms with E-state index in [0.717, 1.165) is 31.2 Å². The van der Waals surface area contributed by atoms with E-state index in [1.54, 1.807) is 4.90 Å². The molecule has 0 N–H and O–H groups in total. The van der Waals surface area contributed by atoms with Crippen molar-refractivity contribution in [2.24, 2.45) is 5.92 Å². The van der Waals surface area contributed by atoms with E-state index in [2.05, 4.69) is 0 Å². The van der Waals surface area contributed by atoms with Gasteiger partial charge in [-0.1, -0.05) is 30.3 Å². The van der Waals surface area contributed by atoms with Gasteiger partial charge in [-0.15, -0.1) is 0 Å². The van der Waals surface area contributed by atoms with Crippen LogP contribution in [0, 0.1) is 5.92 Å². The molecular weight excluding hydrogens is 382 g/mol. The Labute approximate surface area is 176 Å². The number of piperidine rings is 1. The fraction of sp³-hybridized carbons (Fsp3) is 0.609. The molecule has 1 aromatic rings. The smallest absolute Gasteiger partial charge is 0.327 e. The molecule has 0 unspecified atom stereocenters. The average Bonchev–Trinajstić information content (AvgIpc) is 3.39. The summed E-state index contributed by atoms with van der Waals surface area (Å²) in [5.74, 6) is 0.413. The Morgan fingerprint density at radius 3 is 2.43 bits per heavy atom. The first kappa shape index (κ1) is 19.5.